The number of carbonyl (C=O) groups excluding carboxylic acids is 3. The molecular formula is C19H25ClFN3O4. The maximum Gasteiger partial charge on any atom is 0.411 e. The van der Waals surface area contributed by atoms with Gasteiger partial charge in [0, 0.05) is 25.6 Å². The van der Waals surface area contributed by atoms with Crippen LogP contribution < -0.4 is 10.6 Å². The maximum absolute atomic E-state index is 14.0. The van der Waals surface area contributed by atoms with Gasteiger partial charge in [-0.2, -0.15) is 0 Å². The average Bonchev–Trinajstić information content (AvgIpc) is 2.97. The fourth-order valence-electron chi connectivity index (χ4n) is 3.03. The molecule has 1 aliphatic heterocycles. The fraction of sp³-hybridized carbons (Fsp3) is 0.526. The molecule has 0 radical (unpaired) electrons. The third-order valence-electron chi connectivity index (χ3n) is 4.17. The molecule has 154 valence electrons. The minimum absolute atomic E-state index is 0.0425. The molecule has 0 saturated carbocycles. The Kier molecular flexibility index (Phi) is 6.87. The van der Waals surface area contributed by atoms with E-state index in [4.69, 9.17) is 16.3 Å². The Hall–Kier alpha value is -2.35. The lowest BCUT2D eigenvalue weighted by molar-refractivity contribution is -0.127. The number of rotatable bonds is 4. The van der Waals surface area contributed by atoms with Crippen molar-refractivity contribution in [2.75, 3.05) is 6.54 Å². The summed E-state index contributed by atoms with van der Waals surface area (Å²) in [5.74, 6) is -1.44. The zero-order valence-corrected chi connectivity index (χ0v) is 17.1. The Morgan fingerprint density at radius 3 is 2.61 bits per heavy atom. The van der Waals surface area contributed by atoms with Crippen LogP contribution in [0.4, 0.5) is 9.18 Å². The van der Waals surface area contributed by atoms with E-state index in [1.807, 2.05) is 0 Å². The monoisotopic (exact) mass is 413 g/mol. The van der Waals surface area contributed by atoms with Gasteiger partial charge in [0.05, 0.1) is 11.1 Å². The number of halogens is 2. The van der Waals surface area contributed by atoms with E-state index in [-0.39, 0.29) is 29.6 Å². The van der Waals surface area contributed by atoms with Crippen molar-refractivity contribution >= 4 is 29.5 Å². The van der Waals surface area contributed by atoms with Gasteiger partial charge in [-0.3, -0.25) is 14.5 Å². The summed E-state index contributed by atoms with van der Waals surface area (Å²) >= 11 is 5.76. The molecule has 1 fully saturated rings. The highest BCUT2D eigenvalue weighted by molar-refractivity contribution is 6.30. The van der Waals surface area contributed by atoms with E-state index < -0.39 is 35.5 Å². The summed E-state index contributed by atoms with van der Waals surface area (Å²) < 4.78 is 19.4. The van der Waals surface area contributed by atoms with E-state index in [0.717, 1.165) is 0 Å². The van der Waals surface area contributed by atoms with Gasteiger partial charge < -0.3 is 15.4 Å². The van der Waals surface area contributed by atoms with Crippen LogP contribution in [-0.4, -0.2) is 47.0 Å². The van der Waals surface area contributed by atoms with Crippen LogP contribution in [0.2, 0.25) is 5.02 Å². The summed E-state index contributed by atoms with van der Waals surface area (Å²) in [6.45, 7) is 6.67. The van der Waals surface area contributed by atoms with Crippen molar-refractivity contribution in [1.82, 2.24) is 15.5 Å². The lowest BCUT2D eigenvalue weighted by Gasteiger charge is -2.30. The number of likely N-dealkylation sites (tertiary alicyclic amines) is 1. The van der Waals surface area contributed by atoms with Gasteiger partial charge in [-0.05, 0) is 33.3 Å². The predicted molar refractivity (Wildman–Crippen MR) is 102 cm³/mol. The van der Waals surface area contributed by atoms with E-state index in [9.17, 15) is 18.8 Å². The molecule has 1 heterocycles. The largest absolute Gasteiger partial charge is 0.444 e. The van der Waals surface area contributed by atoms with Gasteiger partial charge in [0.25, 0.3) is 0 Å². The molecule has 2 rings (SSSR count). The first-order chi connectivity index (χ1) is 13.0. The number of hydrogen-bond donors (Lipinski definition) is 2. The van der Waals surface area contributed by atoms with Crippen molar-refractivity contribution in [3.8, 4) is 0 Å². The highest BCUT2D eigenvalue weighted by atomic mass is 35.5. The summed E-state index contributed by atoms with van der Waals surface area (Å²) in [5.41, 5.74) is -0.507. The fourth-order valence-corrected chi connectivity index (χ4v) is 3.22. The van der Waals surface area contributed by atoms with Crippen LogP contribution in [0, 0.1) is 5.82 Å². The molecule has 0 spiro atoms. The second kappa shape index (κ2) is 8.77. The third kappa shape index (κ3) is 5.58. The molecular weight excluding hydrogens is 389 g/mol. The Balaban J connectivity index is 2.16. The molecule has 0 bridgehead atoms. The first-order valence-electron chi connectivity index (χ1n) is 8.97. The Bertz CT molecular complexity index is 766. The number of amides is 3. The first-order valence-corrected chi connectivity index (χ1v) is 9.34. The van der Waals surface area contributed by atoms with Crippen molar-refractivity contribution < 1.29 is 23.5 Å². The third-order valence-corrected chi connectivity index (χ3v) is 4.46. The van der Waals surface area contributed by atoms with Gasteiger partial charge in [0.1, 0.15) is 17.5 Å². The summed E-state index contributed by atoms with van der Waals surface area (Å²) in [5, 5.41) is 5.27. The van der Waals surface area contributed by atoms with Crippen LogP contribution in [0.1, 0.15) is 39.7 Å². The van der Waals surface area contributed by atoms with E-state index in [1.165, 1.54) is 24.0 Å². The highest BCUT2D eigenvalue weighted by Gasteiger charge is 2.43. The number of benzene rings is 1. The second-order valence-corrected chi connectivity index (χ2v) is 8.05. The van der Waals surface area contributed by atoms with Crippen LogP contribution in [0.5, 0.6) is 0 Å². The van der Waals surface area contributed by atoms with E-state index in [0.29, 0.717) is 6.42 Å². The van der Waals surface area contributed by atoms with Gasteiger partial charge in [0.15, 0.2) is 0 Å². The molecule has 1 aromatic rings. The molecule has 1 saturated heterocycles. The Labute approximate surface area is 168 Å². The van der Waals surface area contributed by atoms with Crippen LogP contribution in [0.25, 0.3) is 0 Å². The topological polar surface area (TPSA) is 87.7 Å². The molecule has 0 aliphatic carbocycles. The van der Waals surface area contributed by atoms with Crippen molar-refractivity contribution in [3.05, 3.63) is 34.6 Å². The van der Waals surface area contributed by atoms with Crippen LogP contribution in [0.15, 0.2) is 18.2 Å². The number of nitrogens with one attached hydrogen (secondary N) is 2. The molecule has 3 amide bonds. The number of hydrogen-bond acceptors (Lipinski definition) is 4. The first kappa shape index (κ1) is 21.9. The molecule has 2 atom stereocenters. The summed E-state index contributed by atoms with van der Waals surface area (Å²) in [6, 6.07) is 2.98. The smallest absolute Gasteiger partial charge is 0.411 e. The summed E-state index contributed by atoms with van der Waals surface area (Å²) in [7, 11) is 0. The zero-order valence-electron chi connectivity index (χ0n) is 16.3. The molecule has 7 nitrogen and oxygen atoms in total. The molecule has 1 aromatic carbocycles. The quantitative estimate of drug-likeness (QED) is 0.794. The molecule has 1 aliphatic rings. The van der Waals surface area contributed by atoms with Crippen LogP contribution >= 0.6 is 11.6 Å². The van der Waals surface area contributed by atoms with Crippen molar-refractivity contribution in [2.45, 2.75) is 58.3 Å². The molecule has 0 aromatic heterocycles. The number of carbonyl (C=O) groups is 3. The maximum atomic E-state index is 14.0. The minimum atomic E-state index is -0.957. The normalized spacial score (nSPS) is 19.3. The van der Waals surface area contributed by atoms with Gasteiger partial charge in [0.2, 0.25) is 11.8 Å². The van der Waals surface area contributed by atoms with Gasteiger partial charge in [-0.1, -0.05) is 23.7 Å². The van der Waals surface area contributed by atoms with Crippen molar-refractivity contribution in [1.29, 1.82) is 0 Å². The number of ether oxygens (including phenoxy) is 1. The second-order valence-electron chi connectivity index (χ2n) is 7.65. The van der Waals surface area contributed by atoms with Gasteiger partial charge in [-0.25, -0.2) is 9.18 Å². The molecule has 2 N–H and O–H groups in total. The van der Waals surface area contributed by atoms with E-state index >= 15 is 0 Å². The minimum Gasteiger partial charge on any atom is -0.444 e. The SMILES string of the molecule is CC(=O)NC1CCN(C(=O)OC(C)(C)C)[C@@H]1C(=O)NCc1cccc(Cl)c1F. The van der Waals surface area contributed by atoms with Crippen LogP contribution in [-0.2, 0) is 20.9 Å². The van der Waals surface area contributed by atoms with E-state index in [1.54, 1.807) is 26.8 Å². The zero-order chi connectivity index (χ0) is 21.1. The molecule has 28 heavy (non-hydrogen) atoms. The lowest BCUT2D eigenvalue weighted by Crippen LogP contribution is -2.55. The average molecular weight is 414 g/mol. The highest BCUT2D eigenvalue weighted by Crippen LogP contribution is 2.23. The Morgan fingerprint density at radius 1 is 1.32 bits per heavy atom. The van der Waals surface area contributed by atoms with Crippen LogP contribution in [0.3, 0.4) is 0 Å². The molecule has 9 heteroatoms. The Morgan fingerprint density at radius 2 is 2.00 bits per heavy atom. The van der Waals surface area contributed by atoms with Crippen molar-refractivity contribution in [2.24, 2.45) is 0 Å². The number of nitrogens with zero attached hydrogens (tertiary/aromatic N) is 1. The predicted octanol–water partition coefficient (Wildman–Crippen LogP) is 2.61. The van der Waals surface area contributed by atoms with E-state index in [2.05, 4.69) is 10.6 Å². The van der Waals surface area contributed by atoms with Crippen molar-refractivity contribution in [3.63, 3.8) is 0 Å². The van der Waals surface area contributed by atoms with Gasteiger partial charge in [-0.15, -0.1) is 0 Å². The summed E-state index contributed by atoms with van der Waals surface area (Å²) in [6.07, 6.45) is -0.239. The summed E-state index contributed by atoms with van der Waals surface area (Å²) in [4.78, 5) is 38.1. The van der Waals surface area contributed by atoms with Gasteiger partial charge >= 0.3 is 6.09 Å². The standard InChI is InChI=1S/C19H25ClFN3O4/c1-11(25)23-14-8-9-24(18(27)28-19(2,3)4)16(14)17(26)22-10-12-6-5-7-13(20)15(12)21/h5-7,14,16H,8-10H2,1-4H3,(H,22,26)(H,23,25)/t14?,16-/m0/s1. The lowest BCUT2D eigenvalue weighted by atomic mass is 10.1. The molecule has 1 unspecified atom stereocenters.